The van der Waals surface area contributed by atoms with E-state index in [-0.39, 0.29) is 11.3 Å². The van der Waals surface area contributed by atoms with Gasteiger partial charge in [0.15, 0.2) is 0 Å². The van der Waals surface area contributed by atoms with Crippen LogP contribution in [0, 0.1) is 18.3 Å². The van der Waals surface area contributed by atoms with Gasteiger partial charge >= 0.3 is 12.0 Å². The molecule has 0 unspecified atom stereocenters. The van der Waals surface area contributed by atoms with Crippen LogP contribution in [0.5, 0.6) is 0 Å². The van der Waals surface area contributed by atoms with E-state index in [9.17, 15) is 14.4 Å². The number of anilines is 1. The van der Waals surface area contributed by atoms with Crippen LogP contribution in [0.1, 0.15) is 11.1 Å². The molecular weight excluding hydrogens is 262 g/mol. The maximum atomic E-state index is 11.5. The second-order valence-electron chi connectivity index (χ2n) is 3.72. The molecule has 7 heteroatoms. The maximum absolute atomic E-state index is 11.5. The molecule has 0 bridgehead atoms. The molecule has 0 fully saturated rings. The van der Waals surface area contributed by atoms with Gasteiger partial charge < -0.3 is 10.4 Å². The lowest BCUT2D eigenvalue weighted by molar-refractivity contribution is -0.131. The van der Waals surface area contributed by atoms with E-state index in [1.165, 1.54) is 6.07 Å². The quantitative estimate of drug-likeness (QED) is 0.714. The van der Waals surface area contributed by atoms with Crippen molar-refractivity contribution in [3.05, 3.63) is 41.5 Å². The first kappa shape index (κ1) is 14.9. The van der Waals surface area contributed by atoms with Crippen molar-refractivity contribution < 1.29 is 19.5 Å². The summed E-state index contributed by atoms with van der Waals surface area (Å²) >= 11 is 0. The Labute approximate surface area is 114 Å². The van der Waals surface area contributed by atoms with Crippen LogP contribution >= 0.6 is 0 Å². The predicted octanol–water partition coefficient (Wildman–Crippen LogP) is 1.16. The summed E-state index contributed by atoms with van der Waals surface area (Å²) in [5.74, 6) is -2.18. The molecule has 0 saturated carbocycles. The molecule has 0 spiro atoms. The van der Waals surface area contributed by atoms with Gasteiger partial charge in [0.25, 0.3) is 5.91 Å². The number of carboxylic acid groups (broad SMARTS) is 1. The van der Waals surface area contributed by atoms with Crippen molar-refractivity contribution in [2.75, 3.05) is 5.32 Å². The van der Waals surface area contributed by atoms with E-state index in [1.807, 2.05) is 11.4 Å². The van der Waals surface area contributed by atoms with Crippen LogP contribution in [-0.2, 0) is 9.59 Å². The fourth-order valence-corrected chi connectivity index (χ4v) is 1.37. The molecule has 3 N–H and O–H groups in total. The number of amides is 3. The van der Waals surface area contributed by atoms with E-state index in [1.54, 1.807) is 19.1 Å². The summed E-state index contributed by atoms with van der Waals surface area (Å²) in [6.45, 7) is 1.71. The minimum Gasteiger partial charge on any atom is -0.478 e. The lowest BCUT2D eigenvalue weighted by Gasteiger charge is -2.08. The van der Waals surface area contributed by atoms with Crippen LogP contribution in [0.25, 0.3) is 0 Å². The Hall–Kier alpha value is -3.14. The Bertz CT molecular complexity index is 629. The number of nitrogens with zero attached hydrogens (tertiary/aromatic N) is 1. The highest BCUT2D eigenvalue weighted by Gasteiger charge is 2.10. The highest BCUT2D eigenvalue weighted by atomic mass is 16.4. The van der Waals surface area contributed by atoms with Crippen molar-refractivity contribution in [2.45, 2.75) is 6.92 Å². The highest BCUT2D eigenvalue weighted by Crippen LogP contribution is 2.17. The van der Waals surface area contributed by atoms with E-state index < -0.39 is 17.9 Å². The zero-order valence-electron chi connectivity index (χ0n) is 10.5. The minimum atomic E-state index is -1.30. The molecule has 0 aliphatic heterocycles. The molecule has 1 rings (SSSR count). The molecule has 1 aromatic carbocycles. The number of aryl methyl sites for hydroxylation is 1. The van der Waals surface area contributed by atoms with Gasteiger partial charge in [0, 0.05) is 12.2 Å². The lowest BCUT2D eigenvalue weighted by Crippen LogP contribution is -2.33. The number of carbonyl (C=O) groups is 3. The summed E-state index contributed by atoms with van der Waals surface area (Å²) in [5, 5.41) is 21.6. The normalized spacial score (nSPS) is 9.80. The minimum absolute atomic E-state index is 0.264. The maximum Gasteiger partial charge on any atom is 0.328 e. The number of nitrogens with one attached hydrogen (secondary N) is 2. The van der Waals surface area contributed by atoms with E-state index in [0.29, 0.717) is 17.7 Å². The number of urea groups is 1. The van der Waals surface area contributed by atoms with Gasteiger partial charge in [0.05, 0.1) is 11.3 Å². The molecule has 7 nitrogen and oxygen atoms in total. The zero-order chi connectivity index (χ0) is 15.1. The molecule has 0 saturated heterocycles. The van der Waals surface area contributed by atoms with Gasteiger partial charge in [0.1, 0.15) is 6.07 Å². The van der Waals surface area contributed by atoms with Crippen molar-refractivity contribution in [3.8, 4) is 6.07 Å². The first-order valence-corrected chi connectivity index (χ1v) is 5.46. The second-order valence-corrected chi connectivity index (χ2v) is 3.72. The summed E-state index contributed by atoms with van der Waals surface area (Å²) in [7, 11) is 0. The Kier molecular flexibility index (Phi) is 5.00. The van der Waals surface area contributed by atoms with E-state index >= 15 is 0 Å². The third-order valence-electron chi connectivity index (χ3n) is 2.25. The number of rotatable bonds is 3. The number of aliphatic carboxylic acids is 1. The Morgan fingerprint density at radius 2 is 2.00 bits per heavy atom. The van der Waals surface area contributed by atoms with E-state index in [2.05, 4.69) is 5.32 Å². The van der Waals surface area contributed by atoms with Gasteiger partial charge in [-0.3, -0.25) is 10.1 Å². The number of imide groups is 1. The van der Waals surface area contributed by atoms with Gasteiger partial charge in [-0.2, -0.15) is 5.26 Å². The van der Waals surface area contributed by atoms with Crippen LogP contribution in [0.15, 0.2) is 30.4 Å². The van der Waals surface area contributed by atoms with Gasteiger partial charge in [-0.1, -0.05) is 12.1 Å². The van der Waals surface area contributed by atoms with Gasteiger partial charge in [0.2, 0.25) is 0 Å². The van der Waals surface area contributed by atoms with Gasteiger partial charge in [-0.05, 0) is 18.6 Å². The highest BCUT2D eigenvalue weighted by molar-refractivity contribution is 6.06. The molecule has 20 heavy (non-hydrogen) atoms. The van der Waals surface area contributed by atoms with Crippen molar-refractivity contribution in [1.29, 1.82) is 5.26 Å². The Balaban J connectivity index is 2.73. The van der Waals surface area contributed by atoms with Gasteiger partial charge in [-0.25, -0.2) is 9.59 Å². The number of carbonyl (C=O) groups excluding carboxylic acids is 2. The smallest absolute Gasteiger partial charge is 0.328 e. The summed E-state index contributed by atoms with van der Waals surface area (Å²) < 4.78 is 0. The molecule has 0 heterocycles. The molecule has 3 amide bonds. The monoisotopic (exact) mass is 273 g/mol. The fraction of sp³-hybridized carbons (Fsp3) is 0.0769. The third-order valence-corrected chi connectivity index (χ3v) is 2.25. The summed E-state index contributed by atoms with van der Waals surface area (Å²) in [6.07, 6.45) is 1.32. The Morgan fingerprint density at radius 1 is 1.30 bits per heavy atom. The lowest BCUT2D eigenvalue weighted by atomic mass is 10.1. The van der Waals surface area contributed by atoms with Crippen molar-refractivity contribution in [3.63, 3.8) is 0 Å². The summed E-state index contributed by atoms with van der Waals surface area (Å²) in [5.41, 5.74) is 1.23. The van der Waals surface area contributed by atoms with Crippen molar-refractivity contribution in [1.82, 2.24) is 5.32 Å². The zero-order valence-corrected chi connectivity index (χ0v) is 10.5. The average Bonchev–Trinajstić information content (AvgIpc) is 2.36. The molecule has 0 aliphatic rings. The Morgan fingerprint density at radius 3 is 2.60 bits per heavy atom. The topological polar surface area (TPSA) is 119 Å². The molecule has 0 radical (unpaired) electrons. The molecule has 102 valence electrons. The number of nitriles is 1. The van der Waals surface area contributed by atoms with Crippen LogP contribution < -0.4 is 10.6 Å². The van der Waals surface area contributed by atoms with E-state index in [4.69, 9.17) is 10.4 Å². The molecule has 1 aromatic rings. The predicted molar refractivity (Wildman–Crippen MR) is 69.8 cm³/mol. The first-order valence-electron chi connectivity index (χ1n) is 5.46. The first-order chi connectivity index (χ1) is 9.43. The standard InChI is InChI=1S/C13H11N3O4/c1-8-3-2-4-10(9(8)7-14)15-13(20)16-11(17)5-6-12(18)19/h2-6H,1H3,(H,18,19)(H2,15,16,17,20)/b6-5+. The molecule has 0 atom stereocenters. The van der Waals surface area contributed by atoms with Crippen molar-refractivity contribution in [2.24, 2.45) is 0 Å². The molecular formula is C13H11N3O4. The fourth-order valence-electron chi connectivity index (χ4n) is 1.37. The van der Waals surface area contributed by atoms with Crippen molar-refractivity contribution >= 4 is 23.6 Å². The number of hydrogen-bond acceptors (Lipinski definition) is 4. The summed E-state index contributed by atoms with van der Waals surface area (Å²) in [6, 6.07) is 5.97. The number of carboxylic acids is 1. The van der Waals surface area contributed by atoms with Crippen LogP contribution in [0.2, 0.25) is 0 Å². The van der Waals surface area contributed by atoms with Crippen LogP contribution in [0.3, 0.4) is 0 Å². The number of benzene rings is 1. The van der Waals surface area contributed by atoms with Crippen LogP contribution in [0.4, 0.5) is 10.5 Å². The van der Waals surface area contributed by atoms with Crippen LogP contribution in [-0.4, -0.2) is 23.0 Å². The molecule has 0 aromatic heterocycles. The average molecular weight is 273 g/mol. The largest absolute Gasteiger partial charge is 0.478 e. The SMILES string of the molecule is Cc1cccc(NC(=O)NC(=O)/C=C/C(=O)O)c1C#N. The van der Waals surface area contributed by atoms with Gasteiger partial charge in [-0.15, -0.1) is 0 Å². The summed E-state index contributed by atoms with van der Waals surface area (Å²) in [4.78, 5) is 32.9. The van der Waals surface area contributed by atoms with E-state index in [0.717, 1.165) is 0 Å². The number of hydrogen-bond donors (Lipinski definition) is 3. The third kappa shape index (κ3) is 4.27. The molecule has 0 aliphatic carbocycles. The second kappa shape index (κ2) is 6.70.